The molecule has 2 nitrogen and oxygen atoms in total. The minimum absolute atomic E-state index is 0.737. The summed E-state index contributed by atoms with van der Waals surface area (Å²) in [6.07, 6.45) is 3.89. The molecular weight excluding hydrogens is 298 g/mol. The van der Waals surface area contributed by atoms with E-state index in [1.165, 1.54) is 4.70 Å². The quantitative estimate of drug-likeness (QED) is 0.678. The number of fused-ring (bicyclic) bond motifs is 1. The van der Waals surface area contributed by atoms with Crippen molar-refractivity contribution in [1.82, 2.24) is 4.98 Å². The van der Waals surface area contributed by atoms with Gasteiger partial charge in [-0.1, -0.05) is 12.1 Å². The molecule has 0 amide bonds. The Kier molecular flexibility index (Phi) is 2.82. The molecule has 2 heterocycles. The van der Waals surface area contributed by atoms with E-state index in [-0.39, 0.29) is 0 Å². The van der Waals surface area contributed by atoms with Gasteiger partial charge in [0.1, 0.15) is 10.8 Å². The molecule has 0 fully saturated rings. The first-order valence-corrected chi connectivity index (χ1v) is 6.71. The van der Waals surface area contributed by atoms with Gasteiger partial charge < -0.3 is 4.42 Å². The molecule has 0 saturated carbocycles. The highest BCUT2D eigenvalue weighted by molar-refractivity contribution is 9.10. The molecule has 0 bridgehead atoms. The Morgan fingerprint density at radius 2 is 2.00 bits per heavy atom. The first kappa shape index (κ1) is 10.7. The van der Waals surface area contributed by atoms with Crippen molar-refractivity contribution >= 4 is 49.6 Å². The predicted octanol–water partition coefficient (Wildman–Crippen LogP) is 4.82. The van der Waals surface area contributed by atoms with Crippen LogP contribution >= 0.6 is 27.3 Å². The third kappa shape index (κ3) is 2.33. The Hall–Kier alpha value is -1.39. The van der Waals surface area contributed by atoms with Crippen LogP contribution in [0.5, 0.6) is 0 Å². The van der Waals surface area contributed by atoms with Crippen LogP contribution in [0.3, 0.4) is 0 Å². The van der Waals surface area contributed by atoms with Crippen molar-refractivity contribution in [2.75, 3.05) is 0 Å². The van der Waals surface area contributed by atoms with E-state index in [0.29, 0.717) is 0 Å². The summed E-state index contributed by atoms with van der Waals surface area (Å²) in [7, 11) is 0. The number of rotatable bonds is 2. The molecule has 0 spiro atoms. The Labute approximate surface area is 111 Å². The van der Waals surface area contributed by atoms with Gasteiger partial charge in [0.15, 0.2) is 4.67 Å². The van der Waals surface area contributed by atoms with Crippen LogP contribution in [0, 0.1) is 0 Å². The van der Waals surface area contributed by atoms with Gasteiger partial charge in [-0.25, -0.2) is 4.98 Å². The average molecular weight is 306 g/mol. The lowest BCUT2D eigenvalue weighted by atomic mass is 10.3. The zero-order valence-corrected chi connectivity index (χ0v) is 11.2. The second kappa shape index (κ2) is 4.47. The van der Waals surface area contributed by atoms with E-state index in [2.05, 4.69) is 27.0 Å². The topological polar surface area (TPSA) is 26.0 Å². The molecule has 0 N–H and O–H groups in total. The zero-order chi connectivity index (χ0) is 11.7. The summed E-state index contributed by atoms with van der Waals surface area (Å²) in [5, 5.41) is 0.985. The number of thiazole rings is 1. The molecule has 0 aliphatic carbocycles. The van der Waals surface area contributed by atoms with Gasteiger partial charge in [0, 0.05) is 0 Å². The van der Waals surface area contributed by atoms with Gasteiger partial charge in [0.25, 0.3) is 0 Å². The first-order valence-electron chi connectivity index (χ1n) is 5.10. The minimum Gasteiger partial charge on any atom is -0.450 e. The molecule has 0 unspecified atom stereocenters. The van der Waals surface area contributed by atoms with E-state index in [0.717, 1.165) is 21.0 Å². The van der Waals surface area contributed by atoms with Crippen LogP contribution in [0.1, 0.15) is 10.8 Å². The van der Waals surface area contributed by atoms with Gasteiger partial charge >= 0.3 is 0 Å². The van der Waals surface area contributed by atoms with Crippen LogP contribution in [0.2, 0.25) is 0 Å². The van der Waals surface area contributed by atoms with Crippen molar-refractivity contribution in [3.05, 3.63) is 51.8 Å². The number of aromatic nitrogens is 1. The van der Waals surface area contributed by atoms with Crippen LogP contribution in [0.4, 0.5) is 0 Å². The Morgan fingerprint density at radius 1 is 1.12 bits per heavy atom. The molecule has 0 aliphatic rings. The van der Waals surface area contributed by atoms with Crippen LogP contribution < -0.4 is 0 Å². The summed E-state index contributed by atoms with van der Waals surface area (Å²) in [4.78, 5) is 4.51. The van der Waals surface area contributed by atoms with Crippen LogP contribution in [0.15, 0.2) is 45.5 Å². The number of halogens is 1. The second-order valence-electron chi connectivity index (χ2n) is 3.50. The summed E-state index contributed by atoms with van der Waals surface area (Å²) >= 11 is 4.94. The Morgan fingerprint density at radius 3 is 2.76 bits per heavy atom. The van der Waals surface area contributed by atoms with E-state index in [9.17, 15) is 0 Å². The van der Waals surface area contributed by atoms with Gasteiger partial charge in [0.05, 0.1) is 10.2 Å². The van der Waals surface area contributed by atoms with Gasteiger partial charge in [-0.15, -0.1) is 11.3 Å². The summed E-state index contributed by atoms with van der Waals surface area (Å²) < 4.78 is 7.33. The van der Waals surface area contributed by atoms with Gasteiger partial charge in [-0.3, -0.25) is 0 Å². The molecule has 4 heteroatoms. The molecule has 0 radical (unpaired) electrons. The molecule has 3 rings (SSSR count). The lowest BCUT2D eigenvalue weighted by molar-refractivity contribution is 0.532. The molecule has 3 aromatic rings. The molecule has 0 saturated heterocycles. The summed E-state index contributed by atoms with van der Waals surface area (Å²) in [6.45, 7) is 0. The monoisotopic (exact) mass is 305 g/mol. The Bertz CT molecular complexity index is 650. The van der Waals surface area contributed by atoms with Gasteiger partial charge in [-0.05, 0) is 52.3 Å². The third-order valence-corrected chi connectivity index (χ3v) is 3.72. The summed E-state index contributed by atoms with van der Waals surface area (Å²) in [6, 6.07) is 11.9. The number of hydrogen-bond acceptors (Lipinski definition) is 3. The number of hydrogen-bond donors (Lipinski definition) is 0. The number of nitrogens with zero attached hydrogens (tertiary/aromatic N) is 1. The van der Waals surface area contributed by atoms with Gasteiger partial charge in [0.2, 0.25) is 0 Å². The highest BCUT2D eigenvalue weighted by atomic mass is 79.9. The maximum absolute atomic E-state index is 5.39. The fourth-order valence-electron chi connectivity index (χ4n) is 1.53. The van der Waals surface area contributed by atoms with Crippen molar-refractivity contribution in [3.8, 4) is 0 Å². The van der Waals surface area contributed by atoms with Crippen LogP contribution in [-0.4, -0.2) is 4.98 Å². The fraction of sp³-hybridized carbons (Fsp3) is 0. The molecule has 2 aromatic heterocycles. The highest BCUT2D eigenvalue weighted by Crippen LogP contribution is 2.23. The highest BCUT2D eigenvalue weighted by Gasteiger charge is 2.00. The maximum atomic E-state index is 5.39. The van der Waals surface area contributed by atoms with Crippen molar-refractivity contribution in [3.63, 3.8) is 0 Å². The maximum Gasteiger partial charge on any atom is 0.169 e. The predicted molar refractivity (Wildman–Crippen MR) is 75.0 cm³/mol. The van der Waals surface area contributed by atoms with E-state index in [4.69, 9.17) is 4.42 Å². The van der Waals surface area contributed by atoms with Gasteiger partial charge in [-0.2, -0.15) is 0 Å². The van der Waals surface area contributed by atoms with Crippen molar-refractivity contribution < 1.29 is 4.42 Å². The third-order valence-electron chi connectivity index (χ3n) is 2.29. The number of furan rings is 1. The molecule has 1 aromatic carbocycles. The first-order chi connectivity index (χ1) is 8.31. The van der Waals surface area contributed by atoms with E-state index >= 15 is 0 Å². The standard InChI is InChI=1S/C13H8BrNOS/c14-12-7-5-9(16-12)6-8-13-15-10-3-1-2-4-11(10)17-13/h1-8H/b8-6+. The van der Waals surface area contributed by atoms with E-state index in [1.807, 2.05) is 42.5 Å². The lowest BCUT2D eigenvalue weighted by Gasteiger charge is -1.83. The van der Waals surface area contributed by atoms with Crippen molar-refractivity contribution in [2.24, 2.45) is 0 Å². The minimum atomic E-state index is 0.737. The fourth-order valence-corrected chi connectivity index (χ4v) is 2.72. The Balaban J connectivity index is 1.92. The van der Waals surface area contributed by atoms with Crippen molar-refractivity contribution in [1.29, 1.82) is 0 Å². The average Bonchev–Trinajstić information content (AvgIpc) is 2.91. The smallest absolute Gasteiger partial charge is 0.169 e. The summed E-state index contributed by atoms with van der Waals surface area (Å²) in [5.74, 6) is 0.816. The number of benzene rings is 1. The molecule has 17 heavy (non-hydrogen) atoms. The molecule has 84 valence electrons. The van der Waals surface area contributed by atoms with E-state index in [1.54, 1.807) is 11.3 Å². The van der Waals surface area contributed by atoms with Crippen LogP contribution in [-0.2, 0) is 0 Å². The summed E-state index contributed by atoms with van der Waals surface area (Å²) in [5.41, 5.74) is 1.04. The molecule has 0 aliphatic heterocycles. The number of para-hydroxylation sites is 1. The zero-order valence-electron chi connectivity index (χ0n) is 8.76. The second-order valence-corrected chi connectivity index (χ2v) is 5.34. The SMILES string of the molecule is Brc1ccc(/C=C/c2nc3ccccc3s2)o1. The van der Waals surface area contributed by atoms with Crippen LogP contribution in [0.25, 0.3) is 22.4 Å². The molecule has 0 atom stereocenters. The normalized spacial score (nSPS) is 11.6. The molecular formula is C13H8BrNOS. The lowest BCUT2D eigenvalue weighted by Crippen LogP contribution is -1.68. The van der Waals surface area contributed by atoms with Crippen molar-refractivity contribution in [2.45, 2.75) is 0 Å². The largest absolute Gasteiger partial charge is 0.450 e. The van der Waals surface area contributed by atoms with E-state index < -0.39 is 0 Å².